The Morgan fingerprint density at radius 2 is 1.73 bits per heavy atom. The fourth-order valence-electron chi connectivity index (χ4n) is 3.13. The summed E-state index contributed by atoms with van der Waals surface area (Å²) in [5, 5.41) is 2.89. The number of hydrogen-bond acceptors (Lipinski definition) is 6. The maximum absolute atomic E-state index is 12.8. The van der Waals surface area contributed by atoms with Gasteiger partial charge in [-0.1, -0.05) is 6.07 Å². The number of nitrogens with one attached hydrogen (secondary N) is 2. The summed E-state index contributed by atoms with van der Waals surface area (Å²) in [5.41, 5.74) is 3.32. The number of benzene rings is 2. The Morgan fingerprint density at radius 1 is 0.967 bits per heavy atom. The molecule has 4 rings (SSSR count). The van der Waals surface area contributed by atoms with E-state index in [9.17, 15) is 4.79 Å². The Labute approximate surface area is 172 Å². The summed E-state index contributed by atoms with van der Waals surface area (Å²) in [4.78, 5) is 24.9. The summed E-state index contributed by atoms with van der Waals surface area (Å²) in [7, 11) is 4.52. The number of amides is 1. The minimum absolute atomic E-state index is 0.307. The van der Waals surface area contributed by atoms with E-state index >= 15 is 0 Å². The quantitative estimate of drug-likeness (QED) is 0.506. The molecule has 0 unspecified atom stereocenters. The first-order chi connectivity index (χ1) is 14.6. The molecule has 0 aliphatic rings. The van der Waals surface area contributed by atoms with Crippen molar-refractivity contribution in [2.75, 3.05) is 26.6 Å². The summed E-state index contributed by atoms with van der Waals surface area (Å²) in [5.74, 6) is 1.60. The zero-order valence-electron chi connectivity index (χ0n) is 16.7. The molecule has 30 heavy (non-hydrogen) atoms. The highest BCUT2D eigenvalue weighted by Crippen LogP contribution is 2.38. The van der Waals surface area contributed by atoms with Crippen molar-refractivity contribution in [3.63, 3.8) is 0 Å². The SMILES string of the molecule is COc1cc(C(=O)Nc2ccc3nc(-c4ccccn4)[nH]c3c2)cc(OC)c1OC. The van der Waals surface area contributed by atoms with Gasteiger partial charge in [0.15, 0.2) is 17.3 Å². The molecule has 8 nitrogen and oxygen atoms in total. The van der Waals surface area contributed by atoms with Gasteiger partial charge in [-0.25, -0.2) is 4.98 Å². The van der Waals surface area contributed by atoms with Crippen LogP contribution in [0.3, 0.4) is 0 Å². The minimum Gasteiger partial charge on any atom is -0.493 e. The summed E-state index contributed by atoms with van der Waals surface area (Å²) < 4.78 is 15.9. The summed E-state index contributed by atoms with van der Waals surface area (Å²) in [6.45, 7) is 0. The number of anilines is 1. The third kappa shape index (κ3) is 3.62. The van der Waals surface area contributed by atoms with Crippen molar-refractivity contribution in [1.29, 1.82) is 0 Å². The van der Waals surface area contributed by atoms with Crippen LogP contribution in [0.25, 0.3) is 22.6 Å². The molecule has 0 aliphatic carbocycles. The second-order valence-corrected chi connectivity index (χ2v) is 6.40. The number of ether oxygens (including phenoxy) is 3. The minimum atomic E-state index is -0.307. The second-order valence-electron chi connectivity index (χ2n) is 6.40. The van der Waals surface area contributed by atoms with E-state index in [4.69, 9.17) is 14.2 Å². The van der Waals surface area contributed by atoms with Crippen molar-refractivity contribution in [3.8, 4) is 28.8 Å². The van der Waals surface area contributed by atoms with Gasteiger partial charge in [0.2, 0.25) is 5.75 Å². The molecule has 0 radical (unpaired) electrons. The van der Waals surface area contributed by atoms with Crippen LogP contribution in [0.5, 0.6) is 17.2 Å². The van der Waals surface area contributed by atoms with E-state index in [2.05, 4.69) is 20.3 Å². The molecule has 4 aromatic rings. The van der Waals surface area contributed by atoms with Gasteiger partial charge in [0.05, 0.1) is 32.4 Å². The maximum atomic E-state index is 12.8. The zero-order chi connectivity index (χ0) is 21.1. The number of hydrogen-bond donors (Lipinski definition) is 2. The second kappa shape index (κ2) is 8.12. The van der Waals surface area contributed by atoms with Crippen molar-refractivity contribution in [2.24, 2.45) is 0 Å². The van der Waals surface area contributed by atoms with Gasteiger partial charge in [-0.2, -0.15) is 0 Å². The fourth-order valence-corrected chi connectivity index (χ4v) is 3.13. The topological polar surface area (TPSA) is 98.4 Å². The Morgan fingerprint density at radius 3 is 2.37 bits per heavy atom. The van der Waals surface area contributed by atoms with Crippen LogP contribution in [0, 0.1) is 0 Å². The first-order valence-corrected chi connectivity index (χ1v) is 9.15. The number of aromatic nitrogens is 3. The number of carbonyl (C=O) groups excluding carboxylic acids is 1. The van der Waals surface area contributed by atoms with Gasteiger partial charge in [-0.3, -0.25) is 9.78 Å². The molecule has 2 heterocycles. The van der Waals surface area contributed by atoms with Crippen LogP contribution in [0.4, 0.5) is 5.69 Å². The van der Waals surface area contributed by atoms with Crippen LogP contribution in [-0.2, 0) is 0 Å². The van der Waals surface area contributed by atoms with Crippen LogP contribution in [-0.4, -0.2) is 42.2 Å². The molecule has 0 aliphatic heterocycles. The van der Waals surface area contributed by atoms with E-state index in [1.807, 2.05) is 30.3 Å². The molecule has 8 heteroatoms. The average Bonchev–Trinajstić information content (AvgIpc) is 3.22. The maximum Gasteiger partial charge on any atom is 0.255 e. The van der Waals surface area contributed by atoms with Crippen LogP contribution in [0.1, 0.15) is 10.4 Å². The van der Waals surface area contributed by atoms with Gasteiger partial charge in [0, 0.05) is 17.4 Å². The summed E-state index contributed by atoms with van der Waals surface area (Å²) in [6.07, 6.45) is 1.71. The molecule has 0 atom stereocenters. The number of pyridine rings is 1. The van der Waals surface area contributed by atoms with E-state index in [0.717, 1.165) is 16.7 Å². The Balaban J connectivity index is 1.62. The van der Waals surface area contributed by atoms with Crippen molar-refractivity contribution in [1.82, 2.24) is 15.0 Å². The average molecular weight is 404 g/mol. The molecular weight excluding hydrogens is 384 g/mol. The molecule has 2 aromatic heterocycles. The van der Waals surface area contributed by atoms with Gasteiger partial charge >= 0.3 is 0 Å². The summed E-state index contributed by atoms with van der Waals surface area (Å²) >= 11 is 0. The molecule has 0 saturated carbocycles. The molecule has 0 fully saturated rings. The lowest BCUT2D eigenvalue weighted by Gasteiger charge is -2.14. The van der Waals surface area contributed by atoms with E-state index in [1.165, 1.54) is 21.3 Å². The lowest BCUT2D eigenvalue weighted by Crippen LogP contribution is -2.12. The number of H-pyrrole nitrogens is 1. The smallest absolute Gasteiger partial charge is 0.255 e. The zero-order valence-corrected chi connectivity index (χ0v) is 16.7. The molecule has 0 spiro atoms. The highest BCUT2D eigenvalue weighted by atomic mass is 16.5. The molecule has 152 valence electrons. The molecule has 2 aromatic carbocycles. The largest absolute Gasteiger partial charge is 0.493 e. The first-order valence-electron chi connectivity index (χ1n) is 9.15. The van der Waals surface area contributed by atoms with E-state index < -0.39 is 0 Å². The molecule has 1 amide bonds. The van der Waals surface area contributed by atoms with Gasteiger partial charge < -0.3 is 24.5 Å². The van der Waals surface area contributed by atoms with E-state index in [-0.39, 0.29) is 5.91 Å². The van der Waals surface area contributed by atoms with E-state index in [0.29, 0.717) is 34.3 Å². The highest BCUT2D eigenvalue weighted by Gasteiger charge is 2.17. The monoisotopic (exact) mass is 404 g/mol. The predicted octanol–water partition coefficient (Wildman–Crippen LogP) is 3.90. The van der Waals surface area contributed by atoms with Crippen LogP contribution in [0.15, 0.2) is 54.7 Å². The van der Waals surface area contributed by atoms with Crippen LogP contribution in [0.2, 0.25) is 0 Å². The lowest BCUT2D eigenvalue weighted by atomic mass is 10.1. The third-order valence-corrected chi connectivity index (χ3v) is 4.57. The third-order valence-electron chi connectivity index (χ3n) is 4.57. The van der Waals surface area contributed by atoms with Crippen LogP contribution >= 0.6 is 0 Å². The van der Waals surface area contributed by atoms with Crippen molar-refractivity contribution >= 4 is 22.6 Å². The molecule has 2 N–H and O–H groups in total. The predicted molar refractivity (Wildman–Crippen MR) is 113 cm³/mol. The van der Waals surface area contributed by atoms with Gasteiger partial charge in [-0.15, -0.1) is 0 Å². The Hall–Kier alpha value is -4.07. The molecule has 0 saturated heterocycles. The standard InChI is InChI=1S/C22H20N4O4/c1-28-18-10-13(11-19(29-2)20(18)30-3)22(27)24-14-7-8-15-17(12-14)26-21(25-15)16-6-4-5-9-23-16/h4-12H,1-3H3,(H,24,27)(H,25,26). The molecule has 0 bridgehead atoms. The normalized spacial score (nSPS) is 10.6. The van der Waals surface area contributed by atoms with Crippen molar-refractivity contribution in [2.45, 2.75) is 0 Å². The first kappa shape index (κ1) is 19.3. The van der Waals surface area contributed by atoms with Crippen LogP contribution < -0.4 is 19.5 Å². The van der Waals surface area contributed by atoms with Gasteiger partial charge in [-0.05, 0) is 42.5 Å². The molecular formula is C22H20N4O4. The van der Waals surface area contributed by atoms with Crippen molar-refractivity contribution in [3.05, 3.63) is 60.3 Å². The number of carbonyl (C=O) groups is 1. The van der Waals surface area contributed by atoms with Gasteiger partial charge in [0.25, 0.3) is 5.91 Å². The number of aromatic amines is 1. The summed E-state index contributed by atoms with van der Waals surface area (Å²) in [6, 6.07) is 14.3. The Kier molecular flexibility index (Phi) is 5.21. The number of rotatable bonds is 6. The lowest BCUT2D eigenvalue weighted by molar-refractivity contribution is 0.102. The van der Waals surface area contributed by atoms with Gasteiger partial charge in [0.1, 0.15) is 5.69 Å². The Bertz CT molecular complexity index is 1180. The number of imidazole rings is 1. The number of fused-ring (bicyclic) bond motifs is 1. The highest BCUT2D eigenvalue weighted by molar-refractivity contribution is 6.05. The fraction of sp³-hybridized carbons (Fsp3) is 0.136. The number of nitrogens with zero attached hydrogens (tertiary/aromatic N) is 2. The van der Waals surface area contributed by atoms with E-state index in [1.54, 1.807) is 24.4 Å². The number of methoxy groups -OCH3 is 3. The van der Waals surface area contributed by atoms with Crippen molar-refractivity contribution < 1.29 is 19.0 Å².